The molecule has 5 nitrogen and oxygen atoms in total. The van der Waals surface area contributed by atoms with Crippen LogP contribution in [0.3, 0.4) is 0 Å². The van der Waals surface area contributed by atoms with Crippen molar-refractivity contribution in [3.8, 4) is 0 Å². The van der Waals surface area contributed by atoms with E-state index in [1.165, 1.54) is 38.8 Å². The maximum absolute atomic E-state index is 5.45. The number of hydrogen-bond donors (Lipinski definition) is 2. The lowest BCUT2D eigenvalue weighted by molar-refractivity contribution is 0.168. The Morgan fingerprint density at radius 3 is 2.62 bits per heavy atom. The fourth-order valence-corrected chi connectivity index (χ4v) is 2.81. The Balaban J connectivity index is 1.87. The van der Waals surface area contributed by atoms with Crippen LogP contribution in [0.1, 0.15) is 25.7 Å². The molecule has 2 aliphatic heterocycles. The first-order valence-corrected chi connectivity index (χ1v) is 6.27. The molecule has 0 aromatic carbocycles. The van der Waals surface area contributed by atoms with Gasteiger partial charge in [0.05, 0.1) is 0 Å². The highest BCUT2D eigenvalue weighted by Crippen LogP contribution is 2.19. The second-order valence-corrected chi connectivity index (χ2v) is 4.68. The Morgan fingerprint density at radius 2 is 2.00 bits per heavy atom. The van der Waals surface area contributed by atoms with Gasteiger partial charge in [0.1, 0.15) is 0 Å². The Kier molecular flexibility index (Phi) is 4.01. The van der Waals surface area contributed by atoms with Crippen LogP contribution in [0.15, 0.2) is 4.99 Å². The van der Waals surface area contributed by atoms with Crippen molar-refractivity contribution in [1.29, 1.82) is 0 Å². The van der Waals surface area contributed by atoms with E-state index in [-0.39, 0.29) is 0 Å². The molecule has 0 radical (unpaired) electrons. The molecule has 2 fully saturated rings. The van der Waals surface area contributed by atoms with Crippen LogP contribution in [0.2, 0.25) is 0 Å². The zero-order valence-corrected chi connectivity index (χ0v) is 10.2. The van der Waals surface area contributed by atoms with E-state index in [9.17, 15) is 0 Å². The number of likely N-dealkylation sites (tertiary alicyclic amines) is 2. The normalized spacial score (nSPS) is 28.5. The number of nitrogens with two attached hydrogens (primary N) is 1. The maximum atomic E-state index is 5.45. The molecular formula is C11H23N5. The molecule has 0 bridgehead atoms. The monoisotopic (exact) mass is 225 g/mol. The fourth-order valence-electron chi connectivity index (χ4n) is 2.81. The van der Waals surface area contributed by atoms with E-state index in [1.807, 2.05) is 0 Å². The van der Waals surface area contributed by atoms with Gasteiger partial charge in [0.2, 0.25) is 5.96 Å². The highest BCUT2D eigenvalue weighted by atomic mass is 15.4. The lowest BCUT2D eigenvalue weighted by Gasteiger charge is -2.32. The fraction of sp³-hybridized carbons (Fsp3) is 0.909. The average Bonchev–Trinajstić information content (AvgIpc) is 2.81. The minimum atomic E-state index is 0.699. The van der Waals surface area contributed by atoms with Crippen LogP contribution in [0.25, 0.3) is 0 Å². The van der Waals surface area contributed by atoms with E-state index in [0.29, 0.717) is 6.04 Å². The Labute approximate surface area is 97.7 Å². The van der Waals surface area contributed by atoms with Crippen LogP contribution in [-0.2, 0) is 0 Å². The molecule has 5 heteroatoms. The van der Waals surface area contributed by atoms with Crippen molar-refractivity contribution in [1.82, 2.24) is 15.2 Å². The van der Waals surface area contributed by atoms with E-state index in [1.54, 1.807) is 7.05 Å². The average molecular weight is 225 g/mol. The number of rotatable bonds is 1. The van der Waals surface area contributed by atoms with Crippen molar-refractivity contribution >= 4 is 5.96 Å². The molecule has 1 atom stereocenters. The van der Waals surface area contributed by atoms with Gasteiger partial charge in [0.15, 0.2) is 0 Å². The Morgan fingerprint density at radius 1 is 1.25 bits per heavy atom. The van der Waals surface area contributed by atoms with Crippen molar-refractivity contribution in [2.24, 2.45) is 10.8 Å². The summed E-state index contributed by atoms with van der Waals surface area (Å²) < 4.78 is 0. The number of aliphatic imine (C=N–C) groups is 1. The molecule has 16 heavy (non-hydrogen) atoms. The Hall–Kier alpha value is -0.810. The zero-order chi connectivity index (χ0) is 11.4. The first-order chi connectivity index (χ1) is 7.85. The number of nitrogens with zero attached hydrogens (tertiary/aromatic N) is 3. The van der Waals surface area contributed by atoms with Gasteiger partial charge >= 0.3 is 0 Å². The van der Waals surface area contributed by atoms with Crippen molar-refractivity contribution in [2.45, 2.75) is 31.7 Å². The van der Waals surface area contributed by atoms with E-state index in [4.69, 9.17) is 5.84 Å². The summed E-state index contributed by atoms with van der Waals surface area (Å²) in [6.07, 6.45) is 5.36. The van der Waals surface area contributed by atoms with Gasteiger partial charge in [0.25, 0.3) is 0 Å². The SMILES string of the molecule is CN=C(NN)N1CCC(N2CCCCC2)C1. The molecule has 0 saturated carbocycles. The summed E-state index contributed by atoms with van der Waals surface area (Å²) in [5.41, 5.74) is 2.67. The molecule has 0 aromatic heterocycles. The van der Waals surface area contributed by atoms with Crippen LogP contribution >= 0.6 is 0 Å². The lowest BCUT2D eigenvalue weighted by atomic mass is 10.1. The van der Waals surface area contributed by atoms with E-state index >= 15 is 0 Å². The topological polar surface area (TPSA) is 56.9 Å². The number of hydrazine groups is 1. The lowest BCUT2D eigenvalue weighted by Crippen LogP contribution is -2.46. The summed E-state index contributed by atoms with van der Waals surface area (Å²) in [4.78, 5) is 9.04. The highest BCUT2D eigenvalue weighted by molar-refractivity contribution is 5.79. The third-order valence-electron chi connectivity index (χ3n) is 3.71. The standard InChI is InChI=1S/C11H23N5/c1-13-11(14-12)16-8-5-10(9-16)15-6-3-2-4-7-15/h10H,2-9,12H2,1H3,(H,13,14). The quantitative estimate of drug-likeness (QED) is 0.285. The summed E-state index contributed by atoms with van der Waals surface area (Å²) in [5, 5.41) is 0. The molecular weight excluding hydrogens is 202 g/mol. The molecule has 0 amide bonds. The second kappa shape index (κ2) is 5.50. The summed E-state index contributed by atoms with van der Waals surface area (Å²) in [6.45, 7) is 4.68. The summed E-state index contributed by atoms with van der Waals surface area (Å²) in [6, 6.07) is 0.699. The van der Waals surface area contributed by atoms with Crippen LogP contribution < -0.4 is 11.3 Å². The van der Waals surface area contributed by atoms with Crippen LogP contribution in [0.5, 0.6) is 0 Å². The van der Waals surface area contributed by atoms with Gasteiger partial charge < -0.3 is 4.90 Å². The molecule has 92 valence electrons. The number of hydrogen-bond acceptors (Lipinski definition) is 3. The highest BCUT2D eigenvalue weighted by Gasteiger charge is 2.29. The van der Waals surface area contributed by atoms with Gasteiger partial charge in [-0.1, -0.05) is 6.42 Å². The molecule has 0 aliphatic carbocycles. The maximum Gasteiger partial charge on any atom is 0.208 e. The summed E-state index contributed by atoms with van der Waals surface area (Å²) >= 11 is 0. The van der Waals surface area contributed by atoms with Crippen molar-refractivity contribution in [3.63, 3.8) is 0 Å². The van der Waals surface area contributed by atoms with Gasteiger partial charge in [-0.25, -0.2) is 5.84 Å². The van der Waals surface area contributed by atoms with Crippen molar-refractivity contribution in [3.05, 3.63) is 0 Å². The van der Waals surface area contributed by atoms with E-state index < -0.39 is 0 Å². The van der Waals surface area contributed by atoms with Gasteiger partial charge in [-0.05, 0) is 32.4 Å². The van der Waals surface area contributed by atoms with Crippen LogP contribution in [0.4, 0.5) is 0 Å². The molecule has 2 saturated heterocycles. The summed E-state index contributed by atoms with van der Waals surface area (Å²) in [5.74, 6) is 6.27. The molecule has 0 spiro atoms. The first-order valence-electron chi connectivity index (χ1n) is 6.27. The van der Waals surface area contributed by atoms with Crippen molar-refractivity contribution < 1.29 is 0 Å². The minimum Gasteiger partial charge on any atom is -0.340 e. The molecule has 1 unspecified atom stereocenters. The molecule has 2 aliphatic rings. The van der Waals surface area contributed by atoms with Gasteiger partial charge in [-0.3, -0.25) is 15.3 Å². The van der Waals surface area contributed by atoms with Crippen LogP contribution in [-0.4, -0.2) is 55.0 Å². The zero-order valence-electron chi connectivity index (χ0n) is 10.2. The second-order valence-electron chi connectivity index (χ2n) is 4.68. The smallest absolute Gasteiger partial charge is 0.208 e. The Bertz CT molecular complexity index is 247. The van der Waals surface area contributed by atoms with Crippen molar-refractivity contribution in [2.75, 3.05) is 33.2 Å². The van der Waals surface area contributed by atoms with Gasteiger partial charge in [0, 0.05) is 26.2 Å². The summed E-state index contributed by atoms with van der Waals surface area (Å²) in [7, 11) is 1.78. The number of piperidine rings is 1. The predicted molar refractivity (Wildman–Crippen MR) is 66.1 cm³/mol. The largest absolute Gasteiger partial charge is 0.340 e. The van der Waals surface area contributed by atoms with Crippen LogP contribution in [0, 0.1) is 0 Å². The molecule has 3 N–H and O–H groups in total. The number of nitrogens with one attached hydrogen (secondary N) is 1. The number of guanidine groups is 1. The third kappa shape index (κ3) is 2.47. The minimum absolute atomic E-state index is 0.699. The van der Waals surface area contributed by atoms with E-state index in [0.717, 1.165) is 19.0 Å². The third-order valence-corrected chi connectivity index (χ3v) is 3.71. The molecule has 0 aromatic rings. The predicted octanol–water partition coefficient (Wildman–Crippen LogP) is -0.00430. The van der Waals surface area contributed by atoms with E-state index in [2.05, 4.69) is 20.2 Å². The van der Waals surface area contributed by atoms with Gasteiger partial charge in [-0.15, -0.1) is 0 Å². The molecule has 2 rings (SSSR count). The first kappa shape index (κ1) is 11.7. The van der Waals surface area contributed by atoms with Gasteiger partial charge in [-0.2, -0.15) is 0 Å². The molecule has 2 heterocycles.